The van der Waals surface area contributed by atoms with Gasteiger partial charge >= 0.3 is 5.97 Å². The van der Waals surface area contributed by atoms with Crippen molar-refractivity contribution in [3.63, 3.8) is 0 Å². The summed E-state index contributed by atoms with van der Waals surface area (Å²) in [5.41, 5.74) is 1.14. The van der Waals surface area contributed by atoms with Gasteiger partial charge in [-0.15, -0.1) is 11.8 Å². The summed E-state index contributed by atoms with van der Waals surface area (Å²) in [4.78, 5) is 10.5. The first-order valence-electron chi connectivity index (χ1n) is 4.18. The average molecular weight is 275 g/mol. The van der Waals surface area contributed by atoms with Crippen molar-refractivity contribution < 1.29 is 9.90 Å². The van der Waals surface area contributed by atoms with Crippen LogP contribution in [0.2, 0.25) is 0 Å². The molecule has 1 rings (SSSR count). The Morgan fingerprint density at radius 2 is 2.07 bits per heavy atom. The van der Waals surface area contributed by atoms with Crippen LogP contribution in [0.1, 0.15) is 12.5 Å². The van der Waals surface area contributed by atoms with Gasteiger partial charge in [-0.2, -0.15) is 0 Å². The summed E-state index contributed by atoms with van der Waals surface area (Å²) in [7, 11) is 0. The summed E-state index contributed by atoms with van der Waals surface area (Å²) in [5.74, 6) is -0.0205. The fourth-order valence-electron chi connectivity index (χ4n) is 0.873. The van der Waals surface area contributed by atoms with E-state index in [1.807, 2.05) is 24.3 Å². The lowest BCUT2D eigenvalue weighted by Crippen LogP contribution is -2.11. The van der Waals surface area contributed by atoms with Gasteiger partial charge in [0.1, 0.15) is 0 Å². The molecule has 14 heavy (non-hydrogen) atoms. The Hall–Kier alpha value is -0.480. The predicted molar refractivity (Wildman–Crippen MR) is 62.5 cm³/mol. The zero-order valence-electron chi connectivity index (χ0n) is 7.74. The Balaban J connectivity index is 2.46. The summed E-state index contributed by atoms with van der Waals surface area (Å²) in [6, 6.07) is 7.90. The lowest BCUT2D eigenvalue weighted by molar-refractivity contribution is -0.136. The number of carboxylic acid groups (broad SMARTS) is 1. The van der Waals surface area contributed by atoms with Gasteiger partial charge in [-0.05, 0) is 24.6 Å². The van der Waals surface area contributed by atoms with Crippen LogP contribution in [0, 0.1) is 0 Å². The van der Waals surface area contributed by atoms with E-state index in [1.165, 1.54) is 11.8 Å². The van der Waals surface area contributed by atoms with E-state index in [4.69, 9.17) is 5.11 Å². The molecule has 0 spiro atoms. The average Bonchev–Trinajstić information content (AvgIpc) is 2.16. The lowest BCUT2D eigenvalue weighted by atomic mass is 10.2. The Bertz CT molecular complexity index is 310. The first-order chi connectivity index (χ1) is 6.59. The molecule has 0 aliphatic carbocycles. The van der Waals surface area contributed by atoms with Crippen molar-refractivity contribution in [2.75, 3.05) is 0 Å². The maximum atomic E-state index is 10.5. The Labute approximate surface area is 95.8 Å². The van der Waals surface area contributed by atoms with E-state index in [2.05, 4.69) is 15.9 Å². The topological polar surface area (TPSA) is 37.3 Å². The number of halogens is 1. The van der Waals surface area contributed by atoms with Crippen LogP contribution < -0.4 is 0 Å². The lowest BCUT2D eigenvalue weighted by Gasteiger charge is -2.05. The molecule has 1 atom stereocenters. The molecular formula is C10H11BrO2S. The molecule has 1 N–H and O–H groups in total. The minimum atomic E-state index is -0.757. The Morgan fingerprint density at radius 1 is 1.50 bits per heavy atom. The van der Waals surface area contributed by atoms with E-state index in [0.717, 1.165) is 15.8 Å². The molecule has 1 aromatic rings. The molecule has 1 aromatic carbocycles. The van der Waals surface area contributed by atoms with Gasteiger partial charge in [0, 0.05) is 10.2 Å². The monoisotopic (exact) mass is 274 g/mol. The maximum Gasteiger partial charge on any atom is 0.316 e. The first kappa shape index (κ1) is 11.6. The molecule has 0 unspecified atom stereocenters. The SMILES string of the molecule is C[C@@H](SCc1ccc(Br)cc1)C(=O)O. The Morgan fingerprint density at radius 3 is 2.57 bits per heavy atom. The van der Waals surface area contributed by atoms with Gasteiger partial charge in [0.2, 0.25) is 0 Å². The zero-order valence-corrected chi connectivity index (χ0v) is 10.1. The fraction of sp³-hybridized carbons (Fsp3) is 0.300. The van der Waals surface area contributed by atoms with Crippen LogP contribution >= 0.6 is 27.7 Å². The van der Waals surface area contributed by atoms with Crippen molar-refractivity contribution in [1.29, 1.82) is 0 Å². The third-order valence-electron chi connectivity index (χ3n) is 1.76. The molecule has 0 amide bonds. The number of rotatable bonds is 4. The quantitative estimate of drug-likeness (QED) is 0.917. The Kier molecular flexibility index (Phi) is 4.48. The maximum absolute atomic E-state index is 10.5. The molecule has 0 fully saturated rings. The second-order valence-electron chi connectivity index (χ2n) is 2.92. The van der Waals surface area contributed by atoms with Crippen LogP contribution in [-0.2, 0) is 10.5 Å². The molecular weight excluding hydrogens is 264 g/mol. The van der Waals surface area contributed by atoms with Gasteiger partial charge in [-0.1, -0.05) is 28.1 Å². The standard InChI is InChI=1S/C10H11BrO2S/c1-7(10(12)13)14-6-8-2-4-9(11)5-3-8/h2-5,7H,6H2,1H3,(H,12,13)/t7-/m1/s1. The number of thioether (sulfide) groups is 1. The molecule has 76 valence electrons. The first-order valence-corrected chi connectivity index (χ1v) is 6.02. The van der Waals surface area contributed by atoms with Crippen molar-refractivity contribution in [2.45, 2.75) is 17.9 Å². The molecule has 0 saturated carbocycles. The molecule has 0 aliphatic heterocycles. The van der Waals surface area contributed by atoms with Gasteiger partial charge < -0.3 is 5.11 Å². The highest BCUT2D eigenvalue weighted by molar-refractivity contribution is 9.10. The van der Waals surface area contributed by atoms with Crippen molar-refractivity contribution in [3.8, 4) is 0 Å². The van der Waals surface area contributed by atoms with Gasteiger partial charge in [-0.3, -0.25) is 4.79 Å². The third-order valence-corrected chi connectivity index (χ3v) is 3.49. The van der Waals surface area contributed by atoms with Crippen molar-refractivity contribution in [3.05, 3.63) is 34.3 Å². The van der Waals surface area contributed by atoms with Crippen molar-refractivity contribution in [1.82, 2.24) is 0 Å². The van der Waals surface area contributed by atoms with Crippen LogP contribution in [0.3, 0.4) is 0 Å². The highest BCUT2D eigenvalue weighted by Crippen LogP contribution is 2.19. The van der Waals surface area contributed by atoms with E-state index >= 15 is 0 Å². The molecule has 0 aromatic heterocycles. The van der Waals surface area contributed by atoms with E-state index in [0.29, 0.717) is 0 Å². The molecule has 0 bridgehead atoms. The minimum Gasteiger partial charge on any atom is -0.480 e. The van der Waals surface area contributed by atoms with E-state index in [9.17, 15) is 4.79 Å². The molecule has 2 nitrogen and oxygen atoms in total. The van der Waals surface area contributed by atoms with Crippen LogP contribution in [0.25, 0.3) is 0 Å². The molecule has 4 heteroatoms. The van der Waals surface area contributed by atoms with Crippen LogP contribution in [0.5, 0.6) is 0 Å². The van der Waals surface area contributed by atoms with Crippen LogP contribution in [0.15, 0.2) is 28.7 Å². The van der Waals surface area contributed by atoms with Gasteiger partial charge in [0.05, 0.1) is 5.25 Å². The van der Waals surface area contributed by atoms with E-state index in [1.54, 1.807) is 6.92 Å². The molecule has 0 radical (unpaired) electrons. The third kappa shape index (κ3) is 3.72. The number of benzene rings is 1. The summed E-state index contributed by atoms with van der Waals surface area (Å²) < 4.78 is 1.04. The predicted octanol–water partition coefficient (Wildman–Crippen LogP) is 3.16. The van der Waals surface area contributed by atoms with E-state index < -0.39 is 5.97 Å². The highest BCUT2D eigenvalue weighted by Gasteiger charge is 2.10. The molecule has 0 saturated heterocycles. The molecule has 0 heterocycles. The van der Waals surface area contributed by atoms with Crippen molar-refractivity contribution >= 4 is 33.7 Å². The summed E-state index contributed by atoms with van der Waals surface area (Å²) in [6.45, 7) is 1.70. The van der Waals surface area contributed by atoms with Gasteiger partial charge in [0.15, 0.2) is 0 Å². The number of carbonyl (C=O) groups is 1. The zero-order chi connectivity index (χ0) is 10.6. The normalized spacial score (nSPS) is 12.4. The van der Waals surface area contributed by atoms with Crippen molar-refractivity contribution in [2.24, 2.45) is 0 Å². The minimum absolute atomic E-state index is 0.348. The summed E-state index contributed by atoms with van der Waals surface area (Å²) in [6.07, 6.45) is 0. The smallest absolute Gasteiger partial charge is 0.316 e. The molecule has 0 aliphatic rings. The fourth-order valence-corrected chi connectivity index (χ4v) is 1.91. The second kappa shape index (κ2) is 5.41. The van der Waals surface area contributed by atoms with E-state index in [-0.39, 0.29) is 5.25 Å². The summed E-state index contributed by atoms with van der Waals surface area (Å²) >= 11 is 4.78. The number of carboxylic acids is 1. The number of hydrogen-bond donors (Lipinski definition) is 1. The van der Waals surface area contributed by atoms with Crippen LogP contribution in [-0.4, -0.2) is 16.3 Å². The largest absolute Gasteiger partial charge is 0.480 e. The van der Waals surface area contributed by atoms with Crippen LogP contribution in [0.4, 0.5) is 0 Å². The number of aliphatic carboxylic acids is 1. The highest BCUT2D eigenvalue weighted by atomic mass is 79.9. The summed E-state index contributed by atoms with van der Waals surface area (Å²) in [5, 5.41) is 8.33. The second-order valence-corrected chi connectivity index (χ2v) is 5.16. The van der Waals surface area contributed by atoms with Gasteiger partial charge in [0.25, 0.3) is 0 Å². The number of hydrogen-bond acceptors (Lipinski definition) is 2. The van der Waals surface area contributed by atoms with Gasteiger partial charge in [-0.25, -0.2) is 0 Å².